The van der Waals surface area contributed by atoms with Crippen LogP contribution in [0.15, 0.2) is 60.7 Å². The lowest BCUT2D eigenvalue weighted by atomic mass is 10.0. The van der Waals surface area contributed by atoms with Gasteiger partial charge in [0.25, 0.3) is 5.91 Å². The van der Waals surface area contributed by atoms with Gasteiger partial charge in [0, 0.05) is 0 Å². The number of rotatable bonds is 12. The molecule has 1 unspecified atom stereocenters. The van der Waals surface area contributed by atoms with Crippen LogP contribution in [0.4, 0.5) is 9.59 Å². The number of hydrazine groups is 1. The minimum atomic E-state index is -0.859. The summed E-state index contributed by atoms with van der Waals surface area (Å²) in [6.07, 6.45) is -1.45. The highest BCUT2D eigenvalue weighted by molar-refractivity contribution is 5.85. The molecule has 5 N–H and O–H groups in total. The van der Waals surface area contributed by atoms with Gasteiger partial charge in [-0.15, -0.1) is 0 Å². The Morgan fingerprint density at radius 1 is 0.771 bits per heavy atom. The molecule has 0 bridgehead atoms. The summed E-state index contributed by atoms with van der Waals surface area (Å²) in [5.41, 5.74) is 6.61. The van der Waals surface area contributed by atoms with Gasteiger partial charge in [0.2, 0.25) is 5.91 Å². The summed E-state index contributed by atoms with van der Waals surface area (Å²) >= 11 is 0. The van der Waals surface area contributed by atoms with Crippen LogP contribution < -0.4 is 26.8 Å². The first-order valence-corrected chi connectivity index (χ1v) is 11.1. The predicted octanol–water partition coefficient (Wildman–Crippen LogP) is 1.56. The molecule has 0 aliphatic rings. The number of ether oxygens (including phenoxy) is 2. The van der Waals surface area contributed by atoms with Crippen LogP contribution >= 0.6 is 0 Å². The molecule has 0 spiro atoms. The van der Waals surface area contributed by atoms with Crippen molar-refractivity contribution in [3.63, 3.8) is 0 Å². The fourth-order valence-corrected chi connectivity index (χ4v) is 2.77. The molecule has 0 heterocycles. The van der Waals surface area contributed by atoms with E-state index in [2.05, 4.69) is 26.8 Å². The minimum Gasteiger partial charge on any atom is -0.445 e. The molecule has 2 rings (SSSR count). The van der Waals surface area contributed by atoms with E-state index in [0.29, 0.717) is 0 Å². The number of nitrogens with one attached hydrogen (secondary N) is 5. The second-order valence-corrected chi connectivity index (χ2v) is 7.79. The quantitative estimate of drug-likeness (QED) is 0.174. The third kappa shape index (κ3) is 11.0. The molecule has 0 aliphatic heterocycles. The predicted molar refractivity (Wildman–Crippen MR) is 127 cm³/mol. The summed E-state index contributed by atoms with van der Waals surface area (Å²) in [6, 6.07) is 17.4. The third-order valence-corrected chi connectivity index (χ3v) is 4.63. The molecule has 188 valence electrons. The summed E-state index contributed by atoms with van der Waals surface area (Å²) in [7, 11) is 0. The maximum atomic E-state index is 12.4. The van der Waals surface area contributed by atoms with Crippen molar-refractivity contribution in [3.8, 4) is 0 Å². The highest BCUT2D eigenvalue weighted by atomic mass is 16.6. The first-order valence-electron chi connectivity index (χ1n) is 11.1. The van der Waals surface area contributed by atoms with Gasteiger partial charge in [0.1, 0.15) is 25.8 Å². The zero-order valence-corrected chi connectivity index (χ0v) is 19.7. The number of carbonyl (C=O) groups excluding carboxylic acids is 4. The number of amides is 4. The standard InChI is InChI=1S/C24H31N5O6/c1-17(2)21(28-24(33)35-15-19-11-7-4-8-12-19)22(31)29-27-16-26-20(30)13-25-23(32)34-14-18-9-5-3-6-10-18/h3-12,17,21,27H,13-16H2,1-2H3,(H,25,32)(H,26,30)(H,28,33)(H,29,31). The number of alkyl carbamates (subject to hydrolysis) is 2. The van der Waals surface area contributed by atoms with Crippen LogP contribution in [0.1, 0.15) is 25.0 Å². The summed E-state index contributed by atoms with van der Waals surface area (Å²) in [5, 5.41) is 7.33. The molecule has 0 saturated carbocycles. The minimum absolute atomic E-state index is 0.0806. The van der Waals surface area contributed by atoms with E-state index >= 15 is 0 Å². The fraction of sp³-hybridized carbons (Fsp3) is 0.333. The highest BCUT2D eigenvalue weighted by Crippen LogP contribution is 2.04. The smallest absolute Gasteiger partial charge is 0.408 e. The second-order valence-electron chi connectivity index (χ2n) is 7.79. The lowest BCUT2D eigenvalue weighted by Gasteiger charge is -2.21. The van der Waals surface area contributed by atoms with E-state index in [-0.39, 0.29) is 32.3 Å². The van der Waals surface area contributed by atoms with Crippen molar-refractivity contribution >= 4 is 24.0 Å². The zero-order valence-electron chi connectivity index (χ0n) is 19.7. The van der Waals surface area contributed by atoms with Gasteiger partial charge in [-0.25, -0.2) is 15.0 Å². The van der Waals surface area contributed by atoms with Crippen molar-refractivity contribution in [1.29, 1.82) is 0 Å². The van der Waals surface area contributed by atoms with E-state index in [1.54, 1.807) is 13.8 Å². The SMILES string of the molecule is CC(C)C(NC(=O)OCc1ccccc1)C(=O)NNCNC(=O)CNC(=O)OCc1ccccc1. The molecular weight excluding hydrogens is 454 g/mol. The Balaban J connectivity index is 1.61. The van der Waals surface area contributed by atoms with Crippen LogP contribution in [0, 0.1) is 5.92 Å². The van der Waals surface area contributed by atoms with Crippen LogP contribution in [-0.4, -0.2) is 43.3 Å². The average Bonchev–Trinajstić information content (AvgIpc) is 2.87. The van der Waals surface area contributed by atoms with Crippen LogP contribution in [0.25, 0.3) is 0 Å². The summed E-state index contributed by atoms with van der Waals surface area (Å²) in [5.74, 6) is -1.22. The molecule has 4 amide bonds. The van der Waals surface area contributed by atoms with Gasteiger partial charge >= 0.3 is 12.2 Å². The molecule has 11 nitrogen and oxygen atoms in total. The molecule has 2 aromatic carbocycles. The Hall–Kier alpha value is -4.12. The van der Waals surface area contributed by atoms with Crippen LogP contribution in [0.5, 0.6) is 0 Å². The second kappa shape index (κ2) is 14.9. The van der Waals surface area contributed by atoms with Gasteiger partial charge in [-0.3, -0.25) is 15.0 Å². The van der Waals surface area contributed by atoms with Crippen molar-refractivity contribution in [2.45, 2.75) is 33.1 Å². The Kier molecular flexibility index (Phi) is 11.6. The molecule has 0 saturated heterocycles. The lowest BCUT2D eigenvalue weighted by Crippen LogP contribution is -2.55. The highest BCUT2D eigenvalue weighted by Gasteiger charge is 2.24. The molecule has 11 heteroatoms. The number of carbonyl (C=O) groups is 4. The molecule has 0 aliphatic carbocycles. The molecular formula is C24H31N5O6. The van der Waals surface area contributed by atoms with E-state index in [9.17, 15) is 19.2 Å². The Labute approximate surface area is 203 Å². The van der Waals surface area contributed by atoms with E-state index in [1.165, 1.54) is 0 Å². The van der Waals surface area contributed by atoms with E-state index in [0.717, 1.165) is 11.1 Å². The maximum Gasteiger partial charge on any atom is 0.408 e. The largest absolute Gasteiger partial charge is 0.445 e. The van der Waals surface area contributed by atoms with Gasteiger partial charge in [0.05, 0.1) is 6.67 Å². The molecule has 1 atom stereocenters. The zero-order chi connectivity index (χ0) is 25.5. The van der Waals surface area contributed by atoms with Gasteiger partial charge in [-0.1, -0.05) is 74.5 Å². The van der Waals surface area contributed by atoms with Gasteiger partial charge < -0.3 is 25.4 Å². The molecule has 35 heavy (non-hydrogen) atoms. The van der Waals surface area contributed by atoms with Gasteiger partial charge in [0.15, 0.2) is 0 Å². The van der Waals surface area contributed by atoms with E-state index in [1.807, 2.05) is 60.7 Å². The lowest BCUT2D eigenvalue weighted by molar-refractivity contribution is -0.126. The fourth-order valence-electron chi connectivity index (χ4n) is 2.77. The van der Waals surface area contributed by atoms with E-state index in [4.69, 9.17) is 9.47 Å². The summed E-state index contributed by atoms with van der Waals surface area (Å²) in [4.78, 5) is 48.0. The monoisotopic (exact) mass is 485 g/mol. The first-order chi connectivity index (χ1) is 16.8. The van der Waals surface area contributed by atoms with Gasteiger partial charge in [-0.2, -0.15) is 0 Å². The van der Waals surface area contributed by atoms with Crippen molar-refractivity contribution in [2.75, 3.05) is 13.2 Å². The molecule has 0 radical (unpaired) electrons. The third-order valence-electron chi connectivity index (χ3n) is 4.63. The van der Waals surface area contributed by atoms with E-state index < -0.39 is 30.0 Å². The summed E-state index contributed by atoms with van der Waals surface area (Å²) < 4.78 is 10.2. The van der Waals surface area contributed by atoms with Crippen LogP contribution in [0.2, 0.25) is 0 Å². The van der Waals surface area contributed by atoms with Crippen molar-refractivity contribution in [2.24, 2.45) is 5.92 Å². The molecule has 2 aromatic rings. The number of benzene rings is 2. The van der Waals surface area contributed by atoms with Crippen LogP contribution in [0.3, 0.4) is 0 Å². The maximum absolute atomic E-state index is 12.4. The van der Waals surface area contributed by atoms with Crippen LogP contribution in [-0.2, 0) is 32.3 Å². The number of hydrogen-bond acceptors (Lipinski definition) is 7. The molecule has 0 fully saturated rings. The Morgan fingerprint density at radius 2 is 1.31 bits per heavy atom. The van der Waals surface area contributed by atoms with Crippen molar-refractivity contribution in [1.82, 2.24) is 26.8 Å². The topological polar surface area (TPSA) is 147 Å². The normalized spacial score (nSPS) is 11.2. The average molecular weight is 486 g/mol. The van der Waals surface area contributed by atoms with Gasteiger partial charge in [-0.05, 0) is 17.0 Å². The Bertz CT molecular complexity index is 955. The summed E-state index contributed by atoms with van der Waals surface area (Å²) in [6.45, 7) is 3.31. The molecule has 0 aromatic heterocycles. The first kappa shape index (κ1) is 27.1. The Morgan fingerprint density at radius 3 is 1.86 bits per heavy atom. The number of hydrogen-bond donors (Lipinski definition) is 5. The van der Waals surface area contributed by atoms with Crippen molar-refractivity contribution < 1.29 is 28.7 Å². The van der Waals surface area contributed by atoms with Crippen molar-refractivity contribution in [3.05, 3.63) is 71.8 Å².